The highest BCUT2D eigenvalue weighted by Crippen LogP contribution is 2.31. The number of hydrogen-bond acceptors (Lipinski definition) is 3. The summed E-state index contributed by atoms with van der Waals surface area (Å²) < 4.78 is 12.6. The van der Waals surface area contributed by atoms with Gasteiger partial charge in [0, 0.05) is 24.1 Å². The van der Waals surface area contributed by atoms with Crippen molar-refractivity contribution in [2.45, 2.75) is 52.0 Å². The molecule has 0 radical (unpaired) electrons. The van der Waals surface area contributed by atoms with Gasteiger partial charge in [0.2, 0.25) is 0 Å². The van der Waals surface area contributed by atoms with Crippen LogP contribution in [0.25, 0.3) is 10.9 Å². The Morgan fingerprint density at radius 1 is 0.913 bits per heavy atom. The summed E-state index contributed by atoms with van der Waals surface area (Å²) >= 11 is 0. The smallest absolute Gasteiger partial charge is 0.251 e. The molecule has 0 saturated heterocycles. The summed E-state index contributed by atoms with van der Waals surface area (Å²) in [5.74, 6) is 1.34. The van der Waals surface area contributed by atoms with Gasteiger partial charge in [0.15, 0.2) is 11.5 Å². The van der Waals surface area contributed by atoms with Crippen molar-refractivity contribution in [3.63, 3.8) is 0 Å². The third-order valence-corrected chi connectivity index (χ3v) is 4.23. The highest BCUT2D eigenvalue weighted by Gasteiger charge is 2.09. The molecule has 2 rings (SSSR count). The Kier molecular flexibility index (Phi) is 6.51. The molecule has 0 fully saturated rings. The van der Waals surface area contributed by atoms with Gasteiger partial charge < -0.3 is 14.0 Å². The monoisotopic (exact) mass is 317 g/mol. The van der Waals surface area contributed by atoms with Crippen molar-refractivity contribution in [1.82, 2.24) is 4.57 Å². The summed E-state index contributed by atoms with van der Waals surface area (Å²) in [6.07, 6.45) is 7.26. The molecule has 0 aliphatic carbocycles. The number of benzene rings is 1. The lowest BCUT2D eigenvalue weighted by molar-refractivity contribution is 0.355. The third kappa shape index (κ3) is 4.27. The molecule has 0 aliphatic heterocycles. The lowest BCUT2D eigenvalue weighted by atomic mass is 10.1. The van der Waals surface area contributed by atoms with Crippen LogP contribution >= 0.6 is 0 Å². The Bertz CT molecular complexity index is 691. The maximum atomic E-state index is 12.2. The van der Waals surface area contributed by atoms with E-state index < -0.39 is 0 Å². The molecule has 1 aromatic heterocycles. The van der Waals surface area contributed by atoms with Gasteiger partial charge in [-0.15, -0.1) is 0 Å². The summed E-state index contributed by atoms with van der Waals surface area (Å²) in [5, 5.41) is 0.994. The minimum atomic E-state index is 0.0401. The van der Waals surface area contributed by atoms with Crippen LogP contribution in [-0.2, 0) is 6.54 Å². The lowest BCUT2D eigenvalue weighted by Crippen LogP contribution is -2.19. The molecular weight excluding hydrogens is 290 g/mol. The van der Waals surface area contributed by atoms with Crippen LogP contribution in [-0.4, -0.2) is 18.8 Å². The number of hydrogen-bond donors (Lipinski definition) is 0. The largest absolute Gasteiger partial charge is 0.493 e. The molecule has 126 valence electrons. The summed E-state index contributed by atoms with van der Waals surface area (Å²) in [4.78, 5) is 12.2. The van der Waals surface area contributed by atoms with E-state index in [0.717, 1.165) is 30.3 Å². The first kappa shape index (κ1) is 17.4. The molecule has 0 amide bonds. The molecule has 1 aromatic carbocycles. The number of aryl methyl sites for hydroxylation is 1. The van der Waals surface area contributed by atoms with Crippen molar-refractivity contribution in [2.24, 2.45) is 0 Å². The van der Waals surface area contributed by atoms with Gasteiger partial charge in [0.1, 0.15) is 0 Å². The first-order chi connectivity index (χ1) is 11.2. The quantitative estimate of drug-likeness (QED) is 0.644. The van der Waals surface area contributed by atoms with Crippen LogP contribution < -0.4 is 15.0 Å². The highest BCUT2D eigenvalue weighted by atomic mass is 16.5. The van der Waals surface area contributed by atoms with E-state index in [0.29, 0.717) is 11.5 Å². The maximum Gasteiger partial charge on any atom is 0.251 e. The lowest BCUT2D eigenvalue weighted by Gasteiger charge is -2.13. The molecule has 0 atom stereocenters. The summed E-state index contributed by atoms with van der Waals surface area (Å²) in [7, 11) is 3.23. The van der Waals surface area contributed by atoms with Crippen molar-refractivity contribution in [3.8, 4) is 11.5 Å². The van der Waals surface area contributed by atoms with Gasteiger partial charge in [0.05, 0.1) is 19.7 Å². The fourth-order valence-electron chi connectivity index (χ4n) is 2.90. The molecule has 4 heteroatoms. The van der Waals surface area contributed by atoms with E-state index in [1.165, 1.54) is 25.7 Å². The Hall–Kier alpha value is -1.97. The standard InChI is InChI=1S/C19H27NO3/c1-4-5-6-7-8-9-12-20-16-14-18(23-3)17(22-2)13-15(16)10-11-19(20)21/h10-11,13-14H,4-9,12H2,1-3H3. The van der Waals surface area contributed by atoms with E-state index in [1.54, 1.807) is 20.3 Å². The van der Waals surface area contributed by atoms with Crippen LogP contribution in [0, 0.1) is 0 Å². The average molecular weight is 317 g/mol. The van der Waals surface area contributed by atoms with E-state index >= 15 is 0 Å². The van der Waals surface area contributed by atoms with E-state index in [9.17, 15) is 4.79 Å². The van der Waals surface area contributed by atoms with Gasteiger partial charge in [-0.25, -0.2) is 0 Å². The first-order valence-electron chi connectivity index (χ1n) is 8.46. The third-order valence-electron chi connectivity index (χ3n) is 4.23. The number of methoxy groups -OCH3 is 2. The van der Waals surface area contributed by atoms with Gasteiger partial charge >= 0.3 is 0 Å². The fourth-order valence-corrected chi connectivity index (χ4v) is 2.90. The number of unbranched alkanes of at least 4 members (excludes halogenated alkanes) is 5. The Labute approximate surface area is 138 Å². The second-order valence-corrected chi connectivity index (χ2v) is 5.86. The van der Waals surface area contributed by atoms with Crippen molar-refractivity contribution in [1.29, 1.82) is 0 Å². The van der Waals surface area contributed by atoms with E-state index in [4.69, 9.17) is 9.47 Å². The zero-order valence-electron chi connectivity index (χ0n) is 14.4. The van der Waals surface area contributed by atoms with E-state index in [2.05, 4.69) is 6.92 Å². The van der Waals surface area contributed by atoms with Gasteiger partial charge in [0.25, 0.3) is 5.56 Å². The predicted octanol–water partition coefficient (Wildman–Crippen LogP) is 4.38. The van der Waals surface area contributed by atoms with Crippen LogP contribution in [0.5, 0.6) is 11.5 Å². The van der Waals surface area contributed by atoms with Crippen molar-refractivity contribution in [3.05, 3.63) is 34.6 Å². The predicted molar refractivity (Wildman–Crippen MR) is 94.7 cm³/mol. The van der Waals surface area contributed by atoms with E-state index in [-0.39, 0.29) is 5.56 Å². The highest BCUT2D eigenvalue weighted by molar-refractivity contribution is 5.83. The van der Waals surface area contributed by atoms with Gasteiger partial charge in [-0.3, -0.25) is 4.79 Å². The number of ether oxygens (including phenoxy) is 2. The molecule has 0 unspecified atom stereocenters. The van der Waals surface area contributed by atoms with Gasteiger partial charge in [-0.2, -0.15) is 0 Å². The SMILES string of the molecule is CCCCCCCCn1c(=O)ccc2cc(OC)c(OC)cc21. The summed E-state index contributed by atoms with van der Waals surface area (Å²) in [5.41, 5.74) is 0.946. The van der Waals surface area contributed by atoms with Crippen LogP contribution in [0.15, 0.2) is 29.1 Å². The average Bonchev–Trinajstić information content (AvgIpc) is 2.58. The topological polar surface area (TPSA) is 40.5 Å². The zero-order valence-corrected chi connectivity index (χ0v) is 14.4. The zero-order chi connectivity index (χ0) is 16.7. The molecule has 23 heavy (non-hydrogen) atoms. The van der Waals surface area contributed by atoms with Crippen LogP contribution in [0.3, 0.4) is 0 Å². The molecule has 0 saturated carbocycles. The van der Waals surface area contributed by atoms with Crippen molar-refractivity contribution in [2.75, 3.05) is 14.2 Å². The molecule has 2 aromatic rings. The van der Waals surface area contributed by atoms with Crippen LogP contribution in [0.1, 0.15) is 45.4 Å². The Morgan fingerprint density at radius 3 is 2.26 bits per heavy atom. The Balaban J connectivity index is 2.21. The maximum absolute atomic E-state index is 12.2. The number of pyridine rings is 1. The van der Waals surface area contributed by atoms with E-state index in [1.807, 2.05) is 22.8 Å². The second kappa shape index (κ2) is 8.61. The van der Waals surface area contributed by atoms with Crippen molar-refractivity contribution >= 4 is 10.9 Å². The molecule has 0 spiro atoms. The summed E-state index contributed by atoms with van der Waals surface area (Å²) in [6.45, 7) is 2.97. The Morgan fingerprint density at radius 2 is 1.57 bits per heavy atom. The molecule has 0 aliphatic rings. The first-order valence-corrected chi connectivity index (χ1v) is 8.46. The van der Waals surface area contributed by atoms with Crippen LogP contribution in [0.2, 0.25) is 0 Å². The second-order valence-electron chi connectivity index (χ2n) is 5.86. The van der Waals surface area contributed by atoms with Crippen molar-refractivity contribution < 1.29 is 9.47 Å². The number of rotatable bonds is 9. The summed E-state index contributed by atoms with van der Waals surface area (Å²) in [6, 6.07) is 7.29. The van der Waals surface area contributed by atoms with Crippen LogP contribution in [0.4, 0.5) is 0 Å². The molecule has 1 heterocycles. The van der Waals surface area contributed by atoms with Gasteiger partial charge in [-0.05, 0) is 18.6 Å². The molecular formula is C19H27NO3. The molecule has 0 bridgehead atoms. The number of fused-ring (bicyclic) bond motifs is 1. The number of aromatic nitrogens is 1. The fraction of sp³-hybridized carbons (Fsp3) is 0.526. The molecule has 4 nitrogen and oxygen atoms in total. The minimum Gasteiger partial charge on any atom is -0.493 e. The van der Waals surface area contributed by atoms with Gasteiger partial charge in [-0.1, -0.05) is 39.0 Å². The normalized spacial score (nSPS) is 10.9. The minimum absolute atomic E-state index is 0.0401. The number of nitrogens with zero attached hydrogens (tertiary/aromatic N) is 1. The molecule has 0 N–H and O–H groups in total.